The molecular formula is C14H16N2O5. The molecule has 0 aliphatic carbocycles. The Morgan fingerprint density at radius 2 is 1.71 bits per heavy atom. The summed E-state index contributed by atoms with van der Waals surface area (Å²) in [6, 6.07) is 4.52. The van der Waals surface area contributed by atoms with E-state index in [-0.39, 0.29) is 5.88 Å². The molecule has 0 aliphatic heterocycles. The van der Waals surface area contributed by atoms with Crippen molar-refractivity contribution in [2.24, 2.45) is 0 Å². The van der Waals surface area contributed by atoms with Crippen LogP contribution in [0.15, 0.2) is 23.0 Å². The lowest BCUT2D eigenvalue weighted by molar-refractivity contribution is 0.324. The van der Waals surface area contributed by atoms with Crippen LogP contribution in [0.2, 0.25) is 0 Å². The van der Waals surface area contributed by atoms with Crippen LogP contribution in [0.5, 0.6) is 23.1 Å². The van der Waals surface area contributed by atoms with E-state index in [1.165, 1.54) is 21.3 Å². The summed E-state index contributed by atoms with van der Waals surface area (Å²) < 4.78 is 15.8. The summed E-state index contributed by atoms with van der Waals surface area (Å²) in [5, 5.41) is 9.36. The van der Waals surface area contributed by atoms with E-state index in [2.05, 4.69) is 9.97 Å². The molecule has 0 fully saturated rings. The number of aromatic amines is 1. The fraction of sp³-hybridized carbons (Fsp3) is 0.286. The zero-order valence-corrected chi connectivity index (χ0v) is 12.0. The van der Waals surface area contributed by atoms with Gasteiger partial charge in [0.2, 0.25) is 11.6 Å². The van der Waals surface area contributed by atoms with Gasteiger partial charge in [0.25, 0.3) is 5.56 Å². The second kappa shape index (κ2) is 6.17. The molecule has 2 N–H and O–H groups in total. The summed E-state index contributed by atoms with van der Waals surface area (Å²) in [4.78, 5) is 17.8. The number of rotatable bonds is 5. The molecular weight excluding hydrogens is 276 g/mol. The number of benzene rings is 1. The number of methoxy groups -OCH3 is 3. The van der Waals surface area contributed by atoms with E-state index in [4.69, 9.17) is 14.2 Å². The Hall–Kier alpha value is -2.70. The van der Waals surface area contributed by atoms with Crippen LogP contribution in [0.4, 0.5) is 0 Å². The third kappa shape index (κ3) is 3.25. The molecule has 2 aromatic rings. The van der Waals surface area contributed by atoms with E-state index in [0.717, 1.165) is 11.6 Å². The molecule has 7 heteroatoms. The largest absolute Gasteiger partial charge is 0.493 e. The first-order valence-corrected chi connectivity index (χ1v) is 6.15. The number of nitrogens with zero attached hydrogens (tertiary/aromatic N) is 1. The molecule has 0 atom stereocenters. The van der Waals surface area contributed by atoms with Gasteiger partial charge in [-0.1, -0.05) is 0 Å². The van der Waals surface area contributed by atoms with Crippen LogP contribution in [0.1, 0.15) is 11.4 Å². The molecule has 1 heterocycles. The van der Waals surface area contributed by atoms with Gasteiger partial charge in [-0.25, -0.2) is 0 Å². The standard InChI is InChI=1S/C14H16N2O5/c1-19-9-4-8(5-10(20-2)14(9)21-3)6-11-15-12(17)7-13(18)16-11/h4-5,7H,6H2,1-3H3,(H2,15,16,17,18). The van der Waals surface area contributed by atoms with Gasteiger partial charge in [0.15, 0.2) is 11.5 Å². The van der Waals surface area contributed by atoms with Gasteiger partial charge in [-0.15, -0.1) is 0 Å². The lowest BCUT2D eigenvalue weighted by atomic mass is 10.1. The van der Waals surface area contributed by atoms with Gasteiger partial charge in [0.05, 0.1) is 27.4 Å². The van der Waals surface area contributed by atoms with E-state index < -0.39 is 5.56 Å². The summed E-state index contributed by atoms with van der Waals surface area (Å²) in [5.41, 5.74) is 0.378. The van der Waals surface area contributed by atoms with E-state index in [1.807, 2.05) is 0 Å². The molecule has 7 nitrogen and oxygen atoms in total. The molecule has 21 heavy (non-hydrogen) atoms. The van der Waals surface area contributed by atoms with Crippen molar-refractivity contribution >= 4 is 0 Å². The highest BCUT2D eigenvalue weighted by molar-refractivity contribution is 5.54. The molecule has 0 radical (unpaired) electrons. The zero-order chi connectivity index (χ0) is 15.4. The summed E-state index contributed by atoms with van der Waals surface area (Å²) in [6.45, 7) is 0. The molecule has 0 saturated heterocycles. The van der Waals surface area contributed by atoms with Crippen LogP contribution >= 0.6 is 0 Å². The highest BCUT2D eigenvalue weighted by atomic mass is 16.5. The minimum atomic E-state index is -0.412. The van der Waals surface area contributed by atoms with Crippen LogP contribution in [0.3, 0.4) is 0 Å². The van der Waals surface area contributed by atoms with Crippen LogP contribution in [0.25, 0.3) is 0 Å². The average Bonchev–Trinajstić information content (AvgIpc) is 2.45. The second-order valence-corrected chi connectivity index (χ2v) is 4.26. The highest BCUT2D eigenvalue weighted by Gasteiger charge is 2.14. The van der Waals surface area contributed by atoms with Crippen LogP contribution in [0, 0.1) is 0 Å². The SMILES string of the molecule is COc1cc(Cc2nc(O)cc(=O)[nH]2)cc(OC)c1OC. The quantitative estimate of drug-likeness (QED) is 0.857. The number of nitrogens with one attached hydrogen (secondary N) is 1. The van der Waals surface area contributed by atoms with Gasteiger partial charge >= 0.3 is 0 Å². The minimum Gasteiger partial charge on any atom is -0.493 e. The van der Waals surface area contributed by atoms with Gasteiger partial charge in [0.1, 0.15) is 5.82 Å². The summed E-state index contributed by atoms with van der Waals surface area (Å²) in [7, 11) is 4.57. The first kappa shape index (κ1) is 14.7. The Labute approximate surface area is 121 Å². The van der Waals surface area contributed by atoms with Gasteiger partial charge < -0.3 is 24.3 Å². The van der Waals surface area contributed by atoms with Crippen molar-refractivity contribution in [3.8, 4) is 23.1 Å². The Balaban J connectivity index is 2.42. The Morgan fingerprint density at radius 1 is 1.10 bits per heavy atom. The maximum atomic E-state index is 11.3. The molecule has 2 rings (SSSR count). The molecule has 0 unspecified atom stereocenters. The van der Waals surface area contributed by atoms with Crippen LogP contribution < -0.4 is 19.8 Å². The molecule has 0 amide bonds. The number of H-pyrrole nitrogens is 1. The first-order valence-electron chi connectivity index (χ1n) is 6.15. The normalized spacial score (nSPS) is 10.2. The topological polar surface area (TPSA) is 93.7 Å². The molecule has 1 aromatic heterocycles. The fourth-order valence-electron chi connectivity index (χ4n) is 2.01. The van der Waals surface area contributed by atoms with E-state index in [1.54, 1.807) is 12.1 Å². The number of aromatic nitrogens is 2. The van der Waals surface area contributed by atoms with Gasteiger partial charge in [0, 0.05) is 6.42 Å². The molecule has 112 valence electrons. The number of hydrogen-bond acceptors (Lipinski definition) is 6. The monoisotopic (exact) mass is 292 g/mol. The smallest absolute Gasteiger partial charge is 0.254 e. The number of ether oxygens (including phenoxy) is 3. The minimum absolute atomic E-state index is 0.306. The van der Waals surface area contributed by atoms with Crippen molar-refractivity contribution < 1.29 is 19.3 Å². The maximum Gasteiger partial charge on any atom is 0.254 e. The second-order valence-electron chi connectivity index (χ2n) is 4.26. The number of aromatic hydroxyl groups is 1. The zero-order valence-electron chi connectivity index (χ0n) is 12.0. The summed E-state index contributed by atoms with van der Waals surface area (Å²) in [5.74, 6) is 1.53. The van der Waals surface area contributed by atoms with E-state index in [9.17, 15) is 9.90 Å². The molecule has 0 spiro atoms. The molecule has 0 aliphatic rings. The van der Waals surface area contributed by atoms with Crippen molar-refractivity contribution in [1.29, 1.82) is 0 Å². The molecule has 0 saturated carbocycles. The predicted molar refractivity (Wildman–Crippen MR) is 75.4 cm³/mol. The van der Waals surface area contributed by atoms with Crippen molar-refractivity contribution in [1.82, 2.24) is 9.97 Å². The third-order valence-electron chi connectivity index (χ3n) is 2.87. The van der Waals surface area contributed by atoms with Crippen molar-refractivity contribution in [3.05, 3.63) is 39.9 Å². The van der Waals surface area contributed by atoms with E-state index in [0.29, 0.717) is 29.5 Å². The van der Waals surface area contributed by atoms with Crippen molar-refractivity contribution in [3.63, 3.8) is 0 Å². The Kier molecular flexibility index (Phi) is 4.32. The van der Waals surface area contributed by atoms with Crippen LogP contribution in [-0.2, 0) is 6.42 Å². The summed E-state index contributed by atoms with van der Waals surface area (Å²) in [6.07, 6.45) is 0.306. The third-order valence-corrected chi connectivity index (χ3v) is 2.87. The summed E-state index contributed by atoms with van der Waals surface area (Å²) >= 11 is 0. The Morgan fingerprint density at radius 3 is 2.19 bits per heavy atom. The molecule has 1 aromatic carbocycles. The fourth-order valence-corrected chi connectivity index (χ4v) is 2.01. The number of hydrogen-bond donors (Lipinski definition) is 2. The lowest BCUT2D eigenvalue weighted by Gasteiger charge is -2.14. The van der Waals surface area contributed by atoms with Crippen LogP contribution in [-0.4, -0.2) is 36.4 Å². The highest BCUT2D eigenvalue weighted by Crippen LogP contribution is 2.38. The predicted octanol–water partition coefficient (Wildman–Crippen LogP) is 1.09. The maximum absolute atomic E-state index is 11.3. The lowest BCUT2D eigenvalue weighted by Crippen LogP contribution is -2.10. The average molecular weight is 292 g/mol. The van der Waals surface area contributed by atoms with Crippen molar-refractivity contribution in [2.75, 3.05) is 21.3 Å². The van der Waals surface area contributed by atoms with Gasteiger partial charge in [-0.2, -0.15) is 4.98 Å². The molecule has 0 bridgehead atoms. The Bertz CT molecular complexity index is 671. The first-order chi connectivity index (χ1) is 10.1. The van der Waals surface area contributed by atoms with E-state index >= 15 is 0 Å². The van der Waals surface area contributed by atoms with Crippen molar-refractivity contribution in [2.45, 2.75) is 6.42 Å². The van der Waals surface area contributed by atoms with Gasteiger partial charge in [-0.3, -0.25) is 4.79 Å². The van der Waals surface area contributed by atoms with Gasteiger partial charge in [-0.05, 0) is 17.7 Å².